The Morgan fingerprint density at radius 2 is 1.50 bits per heavy atom. The first kappa shape index (κ1) is 18.1. The van der Waals surface area contributed by atoms with Crippen molar-refractivity contribution in [2.45, 2.75) is 46.5 Å². The fourth-order valence-electron chi connectivity index (χ4n) is 3.47. The Hall–Kier alpha value is -2.29. The zero-order valence-corrected chi connectivity index (χ0v) is 15.1. The Morgan fingerprint density at radius 3 is 2.04 bits per heavy atom. The average molecular weight is 326 g/mol. The van der Waals surface area contributed by atoms with Crippen LogP contribution < -0.4 is 0 Å². The first-order valence-corrected chi connectivity index (χ1v) is 8.17. The predicted octanol–water partition coefficient (Wildman–Crippen LogP) is 5.04. The van der Waals surface area contributed by atoms with E-state index in [9.17, 15) is 15.0 Å². The lowest BCUT2D eigenvalue weighted by atomic mass is 9.71. The first-order chi connectivity index (χ1) is 11.0. The van der Waals surface area contributed by atoms with E-state index in [0.29, 0.717) is 11.1 Å². The van der Waals surface area contributed by atoms with E-state index in [1.54, 1.807) is 30.3 Å². The lowest BCUT2D eigenvalue weighted by Crippen LogP contribution is -2.25. The van der Waals surface area contributed by atoms with Crippen LogP contribution in [-0.4, -0.2) is 16.0 Å². The fourth-order valence-corrected chi connectivity index (χ4v) is 3.47. The van der Waals surface area contributed by atoms with E-state index < -0.39 is 0 Å². The van der Waals surface area contributed by atoms with Crippen molar-refractivity contribution < 1.29 is 15.0 Å². The summed E-state index contributed by atoms with van der Waals surface area (Å²) in [6.45, 7) is 10.5. The molecule has 0 aromatic heterocycles. The van der Waals surface area contributed by atoms with Gasteiger partial charge in [-0.05, 0) is 23.3 Å². The SMILES string of the molecule is CC(C)(C)CC(C)(C)c1cc(C(=O)c2ccccc2)c(O)cc1O. The van der Waals surface area contributed by atoms with E-state index in [1.165, 1.54) is 6.07 Å². The van der Waals surface area contributed by atoms with Crippen molar-refractivity contribution >= 4 is 5.78 Å². The van der Waals surface area contributed by atoms with Gasteiger partial charge in [0.25, 0.3) is 0 Å². The lowest BCUT2D eigenvalue weighted by molar-refractivity contribution is 0.103. The van der Waals surface area contributed by atoms with Crippen molar-refractivity contribution in [1.82, 2.24) is 0 Å². The maximum Gasteiger partial charge on any atom is 0.196 e. The molecule has 0 fully saturated rings. The summed E-state index contributed by atoms with van der Waals surface area (Å²) in [6.07, 6.45) is 0.831. The molecule has 128 valence electrons. The minimum Gasteiger partial charge on any atom is -0.508 e. The molecule has 2 aromatic carbocycles. The van der Waals surface area contributed by atoms with Crippen LogP contribution in [0.15, 0.2) is 42.5 Å². The van der Waals surface area contributed by atoms with E-state index in [4.69, 9.17) is 0 Å². The van der Waals surface area contributed by atoms with Crippen LogP contribution in [0.1, 0.15) is 62.5 Å². The molecule has 2 aromatic rings. The van der Waals surface area contributed by atoms with Gasteiger partial charge < -0.3 is 10.2 Å². The summed E-state index contributed by atoms with van der Waals surface area (Å²) >= 11 is 0. The standard InChI is InChI=1S/C21H26O3/c1-20(2,3)13-21(4,5)16-11-15(17(22)12-18(16)23)19(24)14-9-7-6-8-10-14/h6-12,22-23H,13H2,1-5H3. The molecule has 0 amide bonds. The second kappa shape index (κ2) is 6.31. The van der Waals surface area contributed by atoms with Crippen LogP contribution in [-0.2, 0) is 5.41 Å². The molecule has 0 saturated carbocycles. The van der Waals surface area contributed by atoms with Crippen molar-refractivity contribution in [2.75, 3.05) is 0 Å². The number of benzene rings is 2. The van der Waals surface area contributed by atoms with Crippen molar-refractivity contribution in [1.29, 1.82) is 0 Å². The van der Waals surface area contributed by atoms with E-state index >= 15 is 0 Å². The van der Waals surface area contributed by atoms with Crippen LogP contribution >= 0.6 is 0 Å². The fraction of sp³-hybridized carbons (Fsp3) is 0.381. The van der Waals surface area contributed by atoms with Gasteiger partial charge in [0.2, 0.25) is 0 Å². The van der Waals surface area contributed by atoms with Gasteiger partial charge in [-0.2, -0.15) is 0 Å². The molecule has 24 heavy (non-hydrogen) atoms. The van der Waals surface area contributed by atoms with Gasteiger partial charge in [0, 0.05) is 17.2 Å². The normalized spacial score (nSPS) is 12.2. The molecule has 0 aliphatic heterocycles. The number of rotatable bonds is 4. The topological polar surface area (TPSA) is 57.5 Å². The summed E-state index contributed by atoms with van der Waals surface area (Å²) in [4.78, 5) is 12.7. The Morgan fingerprint density at radius 1 is 0.917 bits per heavy atom. The van der Waals surface area contributed by atoms with Crippen molar-refractivity contribution in [3.8, 4) is 11.5 Å². The molecule has 3 heteroatoms. The van der Waals surface area contributed by atoms with Crippen molar-refractivity contribution in [2.24, 2.45) is 5.41 Å². The smallest absolute Gasteiger partial charge is 0.196 e. The van der Waals surface area contributed by atoms with Gasteiger partial charge in [-0.25, -0.2) is 0 Å². The molecular formula is C21H26O3. The van der Waals surface area contributed by atoms with Gasteiger partial charge in [0.05, 0.1) is 5.56 Å². The third-order valence-electron chi connectivity index (χ3n) is 4.10. The summed E-state index contributed by atoms with van der Waals surface area (Å²) in [5.74, 6) is -0.427. The molecular weight excluding hydrogens is 300 g/mol. The van der Waals surface area contributed by atoms with Crippen LogP contribution in [0.4, 0.5) is 0 Å². The van der Waals surface area contributed by atoms with Gasteiger partial charge in [0.15, 0.2) is 5.78 Å². The maximum absolute atomic E-state index is 12.7. The van der Waals surface area contributed by atoms with Gasteiger partial charge in [-0.15, -0.1) is 0 Å². The van der Waals surface area contributed by atoms with Crippen molar-refractivity contribution in [3.05, 3.63) is 59.2 Å². The zero-order valence-electron chi connectivity index (χ0n) is 15.1. The molecule has 0 radical (unpaired) electrons. The molecule has 0 unspecified atom stereocenters. The van der Waals surface area contributed by atoms with Crippen LogP contribution in [0.25, 0.3) is 0 Å². The highest BCUT2D eigenvalue weighted by molar-refractivity contribution is 6.10. The molecule has 0 saturated heterocycles. The number of aromatic hydroxyl groups is 2. The van der Waals surface area contributed by atoms with Crippen LogP contribution in [0, 0.1) is 5.41 Å². The summed E-state index contributed by atoms with van der Waals surface area (Å²) in [7, 11) is 0. The number of hydrogen-bond donors (Lipinski definition) is 2. The first-order valence-electron chi connectivity index (χ1n) is 8.17. The van der Waals surface area contributed by atoms with Crippen LogP contribution in [0.2, 0.25) is 0 Å². The third kappa shape index (κ3) is 3.97. The Labute approximate surface area is 144 Å². The molecule has 3 nitrogen and oxygen atoms in total. The molecule has 2 rings (SSSR count). The lowest BCUT2D eigenvalue weighted by Gasteiger charge is -2.33. The number of carbonyl (C=O) groups excluding carboxylic acids is 1. The molecule has 0 heterocycles. The summed E-state index contributed by atoms with van der Waals surface area (Å²) in [6, 6.07) is 11.8. The Bertz CT molecular complexity index is 738. The maximum atomic E-state index is 12.7. The number of phenolic OH excluding ortho intramolecular Hbond substituents is 2. The Balaban J connectivity index is 2.51. The molecule has 2 N–H and O–H groups in total. The second-order valence-electron chi connectivity index (χ2n) is 8.20. The number of ketones is 1. The number of carbonyl (C=O) groups is 1. The highest BCUT2D eigenvalue weighted by atomic mass is 16.3. The van der Waals surface area contributed by atoms with E-state index in [-0.39, 0.29) is 33.7 Å². The largest absolute Gasteiger partial charge is 0.508 e. The highest BCUT2D eigenvalue weighted by Gasteiger charge is 2.31. The minimum absolute atomic E-state index is 0.0198. The van der Waals surface area contributed by atoms with Gasteiger partial charge in [-0.3, -0.25) is 4.79 Å². The molecule has 0 aliphatic rings. The summed E-state index contributed by atoms with van der Waals surface area (Å²) in [5, 5.41) is 20.5. The molecule has 0 spiro atoms. The van der Waals surface area contributed by atoms with Crippen LogP contribution in [0.5, 0.6) is 11.5 Å². The quantitative estimate of drug-likeness (QED) is 0.774. The van der Waals surface area contributed by atoms with E-state index in [0.717, 1.165) is 6.42 Å². The Kier molecular flexibility index (Phi) is 4.75. The minimum atomic E-state index is -0.332. The summed E-state index contributed by atoms with van der Waals surface area (Å²) < 4.78 is 0. The molecule has 0 aliphatic carbocycles. The number of phenols is 2. The van der Waals surface area contributed by atoms with E-state index in [2.05, 4.69) is 20.8 Å². The third-order valence-corrected chi connectivity index (χ3v) is 4.10. The van der Waals surface area contributed by atoms with E-state index in [1.807, 2.05) is 19.9 Å². The van der Waals surface area contributed by atoms with Gasteiger partial charge in [0.1, 0.15) is 11.5 Å². The summed E-state index contributed by atoms with van der Waals surface area (Å²) in [5.41, 5.74) is 1.14. The van der Waals surface area contributed by atoms with Crippen molar-refractivity contribution in [3.63, 3.8) is 0 Å². The second-order valence-corrected chi connectivity index (χ2v) is 8.20. The predicted molar refractivity (Wildman–Crippen MR) is 96.7 cm³/mol. The van der Waals surface area contributed by atoms with Gasteiger partial charge >= 0.3 is 0 Å². The highest BCUT2D eigenvalue weighted by Crippen LogP contribution is 2.42. The molecule has 0 bridgehead atoms. The monoisotopic (exact) mass is 326 g/mol. The molecule has 0 atom stereocenters. The zero-order chi connectivity index (χ0) is 18.1. The number of hydrogen-bond acceptors (Lipinski definition) is 3. The van der Waals surface area contributed by atoms with Gasteiger partial charge in [-0.1, -0.05) is 65.0 Å². The average Bonchev–Trinajstić information content (AvgIpc) is 2.44. The van der Waals surface area contributed by atoms with Crippen LogP contribution in [0.3, 0.4) is 0 Å².